The molecular weight excluding hydrogens is 385 g/mol. The zero-order valence-corrected chi connectivity index (χ0v) is 16.9. The van der Waals surface area contributed by atoms with Crippen LogP contribution in [0, 0.1) is 25.6 Å². The Morgan fingerprint density at radius 2 is 1.83 bits per heavy atom. The molecule has 0 aliphatic carbocycles. The number of hydrogen-bond acceptors (Lipinski definition) is 6. The average Bonchev–Trinajstić information content (AvgIpc) is 3.22. The highest BCUT2D eigenvalue weighted by molar-refractivity contribution is 5.98. The van der Waals surface area contributed by atoms with Crippen LogP contribution in [0.5, 0.6) is 0 Å². The molecule has 0 radical (unpaired) electrons. The van der Waals surface area contributed by atoms with Crippen LogP contribution in [0.1, 0.15) is 28.2 Å². The van der Waals surface area contributed by atoms with Gasteiger partial charge in [0.2, 0.25) is 5.95 Å². The summed E-state index contributed by atoms with van der Waals surface area (Å²) in [5.74, 6) is 0.286. The molecule has 0 spiro atoms. The van der Waals surface area contributed by atoms with Gasteiger partial charge in [-0.25, -0.2) is 14.4 Å². The molecule has 30 heavy (non-hydrogen) atoms. The Labute approximate surface area is 173 Å². The van der Waals surface area contributed by atoms with Crippen LogP contribution in [0.2, 0.25) is 0 Å². The lowest BCUT2D eigenvalue weighted by Gasteiger charge is -2.53. The minimum absolute atomic E-state index is 0.000624. The number of carbonyl (C=O) groups excluding carboxylic acids is 1. The van der Waals surface area contributed by atoms with Gasteiger partial charge in [0.1, 0.15) is 17.1 Å². The maximum atomic E-state index is 14.7. The number of piperidine rings is 1. The van der Waals surface area contributed by atoms with E-state index in [0.29, 0.717) is 30.6 Å². The van der Waals surface area contributed by atoms with Gasteiger partial charge in [0.05, 0.1) is 18.4 Å². The van der Waals surface area contributed by atoms with E-state index in [-0.39, 0.29) is 17.5 Å². The highest BCUT2D eigenvalue weighted by atomic mass is 19.1. The van der Waals surface area contributed by atoms with Crippen molar-refractivity contribution in [3.05, 3.63) is 59.4 Å². The van der Waals surface area contributed by atoms with Gasteiger partial charge in [0.15, 0.2) is 0 Å². The summed E-state index contributed by atoms with van der Waals surface area (Å²) in [6.07, 6.45) is 3.88. The second kappa shape index (κ2) is 7.16. The predicted octanol–water partition coefficient (Wildman–Crippen LogP) is 2.16. The van der Waals surface area contributed by atoms with Gasteiger partial charge in [-0.3, -0.25) is 4.79 Å². The molecule has 1 aromatic carbocycles. The van der Waals surface area contributed by atoms with Crippen LogP contribution in [0.3, 0.4) is 0 Å². The Hall–Kier alpha value is -3.36. The van der Waals surface area contributed by atoms with E-state index >= 15 is 0 Å². The number of fused-ring (bicyclic) bond motifs is 1. The van der Waals surface area contributed by atoms with Crippen LogP contribution in [0.4, 0.5) is 10.3 Å². The molecule has 1 amide bonds. The van der Waals surface area contributed by atoms with E-state index in [4.69, 9.17) is 0 Å². The average molecular weight is 407 g/mol. The predicted molar refractivity (Wildman–Crippen MR) is 108 cm³/mol. The number of anilines is 1. The van der Waals surface area contributed by atoms with Gasteiger partial charge in [0.25, 0.3) is 5.91 Å². The second-order valence-electron chi connectivity index (χ2n) is 7.92. The van der Waals surface area contributed by atoms with E-state index < -0.39 is 5.82 Å². The molecule has 0 unspecified atom stereocenters. The van der Waals surface area contributed by atoms with E-state index in [1.165, 1.54) is 23.3 Å². The van der Waals surface area contributed by atoms with Crippen LogP contribution in [-0.4, -0.2) is 61.4 Å². The van der Waals surface area contributed by atoms with Gasteiger partial charge in [-0.15, -0.1) is 0 Å². The smallest absolute Gasteiger partial charge is 0.259 e. The molecule has 0 saturated carbocycles. The van der Waals surface area contributed by atoms with E-state index in [9.17, 15) is 9.18 Å². The number of carbonyl (C=O) groups is 1. The fourth-order valence-corrected chi connectivity index (χ4v) is 4.44. The molecule has 2 aromatic heterocycles. The number of halogens is 1. The normalized spacial score (nSPS) is 20.6. The highest BCUT2D eigenvalue weighted by Gasteiger charge is 2.45. The van der Waals surface area contributed by atoms with Crippen molar-refractivity contribution in [2.24, 2.45) is 5.92 Å². The van der Waals surface area contributed by atoms with Crippen molar-refractivity contribution in [2.45, 2.75) is 26.3 Å². The molecule has 0 N–H and O–H groups in total. The largest absolute Gasteiger partial charge is 0.336 e. The molecule has 5 rings (SSSR count). The number of aryl methyl sites for hydroxylation is 2. The maximum absolute atomic E-state index is 14.7. The number of aromatic nitrogens is 5. The van der Waals surface area contributed by atoms with Crippen molar-refractivity contribution in [1.82, 2.24) is 29.9 Å². The van der Waals surface area contributed by atoms with Crippen LogP contribution in [0.15, 0.2) is 36.7 Å². The summed E-state index contributed by atoms with van der Waals surface area (Å²) < 4.78 is 14.7. The molecule has 4 heterocycles. The Morgan fingerprint density at radius 1 is 1.10 bits per heavy atom. The van der Waals surface area contributed by atoms with Crippen molar-refractivity contribution in [1.29, 1.82) is 0 Å². The number of amides is 1. The lowest BCUT2D eigenvalue weighted by molar-refractivity contribution is 0.0584. The summed E-state index contributed by atoms with van der Waals surface area (Å²) in [7, 11) is 0. The lowest BCUT2D eigenvalue weighted by Crippen LogP contribution is -2.65. The van der Waals surface area contributed by atoms with Gasteiger partial charge in [-0.05, 0) is 38.5 Å². The third-order valence-electron chi connectivity index (χ3n) is 5.91. The first-order valence-electron chi connectivity index (χ1n) is 10.0. The lowest BCUT2D eigenvalue weighted by atomic mass is 9.82. The first-order valence-corrected chi connectivity index (χ1v) is 10.0. The number of rotatable bonds is 3. The number of hydrogen-bond donors (Lipinski definition) is 0. The van der Waals surface area contributed by atoms with Crippen LogP contribution >= 0.6 is 0 Å². The first kappa shape index (κ1) is 18.7. The third-order valence-corrected chi connectivity index (χ3v) is 5.91. The second-order valence-corrected chi connectivity index (χ2v) is 7.92. The molecule has 8 nitrogen and oxygen atoms in total. The fourth-order valence-electron chi connectivity index (χ4n) is 4.44. The summed E-state index contributed by atoms with van der Waals surface area (Å²) in [6, 6.07) is 6.60. The quantitative estimate of drug-likeness (QED) is 0.662. The van der Waals surface area contributed by atoms with Crippen molar-refractivity contribution >= 4 is 11.9 Å². The molecule has 2 aliphatic heterocycles. The minimum atomic E-state index is -0.569. The number of nitrogens with zero attached hydrogens (tertiary/aromatic N) is 7. The van der Waals surface area contributed by atoms with Gasteiger partial charge in [0, 0.05) is 36.9 Å². The summed E-state index contributed by atoms with van der Waals surface area (Å²) in [4.78, 5) is 27.6. The number of benzene rings is 1. The molecule has 2 aliphatic rings. The monoisotopic (exact) mass is 407 g/mol. The zero-order chi connectivity index (χ0) is 20.8. The standard InChI is InChI=1S/C21H22FN7O/c1-13-10-14(2)26-21(25-13)28-11-15-6-9-27(12-18(15)28)20(30)19-16(22)4-3-5-17(19)29-23-7-8-24-29/h3-5,7-8,10,15,18H,6,9,11-12H2,1-2H3/t15-,18-/m0/s1. The SMILES string of the molecule is Cc1cc(C)nc(N2C[C@@H]3CCN(C(=O)c4c(F)cccc4-n4nccn4)C[C@@H]32)n1. The molecule has 9 heteroatoms. The Balaban J connectivity index is 1.41. The molecule has 2 fully saturated rings. The molecule has 154 valence electrons. The summed E-state index contributed by atoms with van der Waals surface area (Å²) in [6.45, 7) is 5.91. The van der Waals surface area contributed by atoms with Crippen molar-refractivity contribution in [3.8, 4) is 5.69 Å². The van der Waals surface area contributed by atoms with Gasteiger partial charge in [-0.2, -0.15) is 15.0 Å². The van der Waals surface area contributed by atoms with E-state index in [1.54, 1.807) is 17.0 Å². The van der Waals surface area contributed by atoms with Crippen molar-refractivity contribution < 1.29 is 9.18 Å². The van der Waals surface area contributed by atoms with Crippen molar-refractivity contribution in [2.75, 3.05) is 24.5 Å². The molecule has 2 atom stereocenters. The molecule has 3 aromatic rings. The topological polar surface area (TPSA) is 80.0 Å². The van der Waals surface area contributed by atoms with E-state index in [0.717, 1.165) is 24.4 Å². The zero-order valence-electron chi connectivity index (χ0n) is 16.9. The van der Waals surface area contributed by atoms with Crippen LogP contribution in [-0.2, 0) is 0 Å². The molecule has 0 bridgehead atoms. The maximum Gasteiger partial charge on any atom is 0.259 e. The van der Waals surface area contributed by atoms with E-state index in [1.807, 2.05) is 19.9 Å². The van der Waals surface area contributed by atoms with Gasteiger partial charge in [-0.1, -0.05) is 6.07 Å². The summed E-state index contributed by atoms with van der Waals surface area (Å²) in [5.41, 5.74) is 2.19. The van der Waals surface area contributed by atoms with Crippen LogP contribution in [0.25, 0.3) is 5.69 Å². The third kappa shape index (κ3) is 3.10. The summed E-state index contributed by atoms with van der Waals surface area (Å²) >= 11 is 0. The Kier molecular flexibility index (Phi) is 4.45. The van der Waals surface area contributed by atoms with E-state index in [2.05, 4.69) is 25.1 Å². The highest BCUT2D eigenvalue weighted by Crippen LogP contribution is 2.36. The summed E-state index contributed by atoms with van der Waals surface area (Å²) in [5, 5.41) is 8.13. The minimum Gasteiger partial charge on any atom is -0.336 e. The molecular formula is C21H22FN7O. The fraction of sp³-hybridized carbons (Fsp3) is 0.381. The molecule has 2 saturated heterocycles. The van der Waals surface area contributed by atoms with Gasteiger partial charge >= 0.3 is 0 Å². The van der Waals surface area contributed by atoms with Crippen LogP contribution < -0.4 is 4.90 Å². The van der Waals surface area contributed by atoms with Crippen molar-refractivity contribution in [3.63, 3.8) is 0 Å². The Bertz CT molecular complexity index is 1080. The van der Waals surface area contributed by atoms with Gasteiger partial charge < -0.3 is 9.80 Å². The number of likely N-dealkylation sites (tertiary alicyclic amines) is 1. The first-order chi connectivity index (χ1) is 14.5. The Morgan fingerprint density at radius 3 is 2.57 bits per heavy atom.